The van der Waals surface area contributed by atoms with Crippen LogP contribution in [0.3, 0.4) is 0 Å². The summed E-state index contributed by atoms with van der Waals surface area (Å²) >= 11 is 0. The molecule has 3 rings (SSSR count). The molecule has 0 atom stereocenters. The number of pyridine rings is 1. The number of nitrogens with one attached hydrogen (secondary N) is 1. The summed E-state index contributed by atoms with van der Waals surface area (Å²) in [5.74, 6) is 4.07. The first kappa shape index (κ1) is 27.3. The van der Waals surface area contributed by atoms with Crippen molar-refractivity contribution in [1.29, 1.82) is 0 Å². The molecule has 0 bridgehead atoms. The van der Waals surface area contributed by atoms with E-state index in [0.717, 1.165) is 4.90 Å². The summed E-state index contributed by atoms with van der Waals surface area (Å²) in [6.45, 7) is -0.312. The van der Waals surface area contributed by atoms with E-state index in [1.807, 2.05) is 0 Å². The lowest BCUT2D eigenvalue weighted by Crippen LogP contribution is -2.33. The normalized spacial score (nSPS) is 11.3. The summed E-state index contributed by atoms with van der Waals surface area (Å²) in [5.41, 5.74) is -3.08. The monoisotopic (exact) mass is 519 g/mol. The van der Waals surface area contributed by atoms with E-state index in [-0.39, 0.29) is 24.8 Å². The fourth-order valence-corrected chi connectivity index (χ4v) is 3.27. The van der Waals surface area contributed by atoms with E-state index in [2.05, 4.69) is 22.1 Å². The van der Waals surface area contributed by atoms with Gasteiger partial charge in [-0.2, -0.15) is 26.3 Å². The van der Waals surface area contributed by atoms with Crippen molar-refractivity contribution in [2.75, 3.05) is 18.0 Å². The molecule has 0 aliphatic heterocycles. The number of amides is 2. The highest BCUT2D eigenvalue weighted by atomic mass is 19.4. The van der Waals surface area contributed by atoms with Crippen molar-refractivity contribution in [1.82, 2.24) is 10.3 Å². The molecule has 5 nitrogen and oxygen atoms in total. The molecule has 1 heterocycles. The van der Waals surface area contributed by atoms with Crippen molar-refractivity contribution in [3.05, 3.63) is 95.3 Å². The van der Waals surface area contributed by atoms with E-state index >= 15 is 0 Å². The van der Waals surface area contributed by atoms with Crippen molar-refractivity contribution in [3.8, 4) is 11.8 Å². The van der Waals surface area contributed by atoms with Gasteiger partial charge in [-0.3, -0.25) is 14.6 Å². The molecule has 2 amide bonds. The van der Waals surface area contributed by atoms with Crippen LogP contribution in [0, 0.1) is 11.8 Å². The second kappa shape index (κ2) is 11.6. The van der Waals surface area contributed by atoms with Crippen molar-refractivity contribution >= 4 is 17.5 Å². The molecule has 0 saturated carbocycles. The Kier molecular flexibility index (Phi) is 8.55. The predicted octanol–water partition coefficient (Wildman–Crippen LogP) is 5.13. The zero-order valence-corrected chi connectivity index (χ0v) is 19.0. The van der Waals surface area contributed by atoms with Gasteiger partial charge in [-0.1, -0.05) is 42.2 Å². The smallest absolute Gasteiger partial charge is 0.340 e. The third-order valence-corrected chi connectivity index (χ3v) is 5.05. The van der Waals surface area contributed by atoms with E-state index in [1.54, 1.807) is 42.5 Å². The fraction of sp³-hybridized carbons (Fsp3) is 0.192. The topological polar surface area (TPSA) is 62.3 Å². The van der Waals surface area contributed by atoms with Crippen molar-refractivity contribution in [3.63, 3.8) is 0 Å². The standard InChI is InChI=1S/C26H19F6N3O2/c27-25(28,29)19-12-11-18(21(17-19)26(30,31)32)16-23(36)35(20-8-2-1-3-9-20)15-7-6-14-34-24(37)22-10-4-5-13-33-22/h1-5,8-13,17H,14-16H2,(H,34,37). The van der Waals surface area contributed by atoms with Gasteiger partial charge in [-0.15, -0.1) is 0 Å². The number of rotatable bonds is 6. The van der Waals surface area contributed by atoms with Crippen LogP contribution < -0.4 is 10.2 Å². The Morgan fingerprint density at radius 2 is 1.57 bits per heavy atom. The molecule has 11 heteroatoms. The average Bonchev–Trinajstić information content (AvgIpc) is 2.86. The van der Waals surface area contributed by atoms with Gasteiger partial charge in [-0.05, 0) is 42.0 Å². The van der Waals surface area contributed by atoms with Crippen molar-refractivity contribution in [2.45, 2.75) is 18.8 Å². The number of hydrogen-bond acceptors (Lipinski definition) is 3. The molecule has 1 N–H and O–H groups in total. The summed E-state index contributed by atoms with van der Waals surface area (Å²) in [6.07, 6.45) is -9.43. The Balaban J connectivity index is 1.78. The second-order valence-electron chi connectivity index (χ2n) is 7.61. The Morgan fingerprint density at radius 3 is 2.19 bits per heavy atom. The first-order valence-corrected chi connectivity index (χ1v) is 10.7. The minimum atomic E-state index is -5.10. The lowest BCUT2D eigenvalue weighted by molar-refractivity contribution is -0.143. The Morgan fingerprint density at radius 1 is 0.865 bits per heavy atom. The summed E-state index contributed by atoms with van der Waals surface area (Å²) < 4.78 is 79.4. The molecule has 0 aliphatic rings. The first-order chi connectivity index (χ1) is 17.5. The molecule has 0 aliphatic carbocycles. The van der Waals surface area contributed by atoms with E-state index < -0.39 is 47.3 Å². The SMILES string of the molecule is O=C(NCC#CCN(C(=O)Cc1ccc(C(F)(F)F)cc1C(F)(F)F)c1ccccc1)c1ccccn1. The quantitative estimate of drug-likeness (QED) is 0.363. The highest BCUT2D eigenvalue weighted by Crippen LogP contribution is 2.37. The van der Waals surface area contributed by atoms with Crippen LogP contribution in [0.1, 0.15) is 27.2 Å². The Hall–Kier alpha value is -4.33. The largest absolute Gasteiger partial charge is 0.416 e. The van der Waals surface area contributed by atoms with Gasteiger partial charge in [-0.25, -0.2) is 0 Å². The number of aromatic nitrogens is 1. The van der Waals surface area contributed by atoms with E-state index in [9.17, 15) is 35.9 Å². The summed E-state index contributed by atoms with van der Waals surface area (Å²) in [7, 11) is 0. The molecule has 3 aromatic rings. The zero-order chi connectivity index (χ0) is 27.1. The number of carbonyl (C=O) groups excluding carboxylic acids is 2. The van der Waals surface area contributed by atoms with E-state index in [1.165, 1.54) is 12.3 Å². The molecule has 2 aromatic carbocycles. The molecule has 0 radical (unpaired) electrons. The van der Waals surface area contributed by atoms with Crippen LogP contribution in [0.2, 0.25) is 0 Å². The van der Waals surface area contributed by atoms with Gasteiger partial charge in [0, 0.05) is 11.9 Å². The maximum absolute atomic E-state index is 13.5. The number of anilines is 1. The van der Waals surface area contributed by atoms with Gasteiger partial charge in [0.2, 0.25) is 5.91 Å². The van der Waals surface area contributed by atoms with Crippen molar-refractivity contribution in [2.24, 2.45) is 0 Å². The van der Waals surface area contributed by atoms with Crippen LogP contribution in [0.4, 0.5) is 32.0 Å². The maximum atomic E-state index is 13.5. The van der Waals surface area contributed by atoms with Gasteiger partial charge >= 0.3 is 12.4 Å². The number of nitrogens with zero attached hydrogens (tertiary/aromatic N) is 2. The maximum Gasteiger partial charge on any atom is 0.416 e. The number of hydrogen-bond donors (Lipinski definition) is 1. The molecule has 0 fully saturated rings. The van der Waals surface area contributed by atoms with Crippen LogP contribution in [0.25, 0.3) is 0 Å². The zero-order valence-electron chi connectivity index (χ0n) is 19.0. The molecular weight excluding hydrogens is 500 g/mol. The van der Waals surface area contributed by atoms with E-state index in [0.29, 0.717) is 17.8 Å². The lowest BCUT2D eigenvalue weighted by Gasteiger charge is -2.22. The van der Waals surface area contributed by atoms with Gasteiger partial charge in [0.25, 0.3) is 5.91 Å². The third-order valence-electron chi connectivity index (χ3n) is 5.05. The van der Waals surface area contributed by atoms with Crippen LogP contribution in [-0.2, 0) is 23.6 Å². The highest BCUT2D eigenvalue weighted by Gasteiger charge is 2.38. The number of para-hydroxylation sites is 1. The number of carbonyl (C=O) groups is 2. The summed E-state index contributed by atoms with van der Waals surface area (Å²) in [4.78, 5) is 30.0. The summed E-state index contributed by atoms with van der Waals surface area (Å²) in [5, 5.41) is 2.53. The molecular formula is C26H19F6N3O2. The number of alkyl halides is 6. The van der Waals surface area contributed by atoms with Crippen LogP contribution in [-0.4, -0.2) is 29.9 Å². The summed E-state index contributed by atoms with van der Waals surface area (Å²) in [6, 6.07) is 13.9. The molecule has 0 saturated heterocycles. The average molecular weight is 519 g/mol. The Labute approximate surface area is 208 Å². The highest BCUT2D eigenvalue weighted by molar-refractivity contribution is 5.95. The molecule has 37 heavy (non-hydrogen) atoms. The van der Waals surface area contributed by atoms with Crippen molar-refractivity contribution < 1.29 is 35.9 Å². The van der Waals surface area contributed by atoms with Gasteiger partial charge in [0.15, 0.2) is 0 Å². The lowest BCUT2D eigenvalue weighted by atomic mass is 10.00. The van der Waals surface area contributed by atoms with Crippen LogP contribution >= 0.6 is 0 Å². The number of halogens is 6. The molecule has 1 aromatic heterocycles. The van der Waals surface area contributed by atoms with Gasteiger partial charge in [0.05, 0.1) is 30.6 Å². The first-order valence-electron chi connectivity index (χ1n) is 10.7. The fourth-order valence-electron chi connectivity index (χ4n) is 3.27. The second-order valence-corrected chi connectivity index (χ2v) is 7.61. The van der Waals surface area contributed by atoms with E-state index in [4.69, 9.17) is 0 Å². The predicted molar refractivity (Wildman–Crippen MR) is 123 cm³/mol. The molecule has 0 spiro atoms. The van der Waals surface area contributed by atoms with Gasteiger partial charge in [0.1, 0.15) is 5.69 Å². The van der Waals surface area contributed by atoms with Gasteiger partial charge < -0.3 is 10.2 Å². The minimum Gasteiger partial charge on any atom is -0.340 e. The third kappa shape index (κ3) is 7.57. The Bertz CT molecular complexity index is 1300. The van der Waals surface area contributed by atoms with Crippen LogP contribution in [0.5, 0.6) is 0 Å². The number of benzene rings is 2. The molecule has 192 valence electrons. The molecule has 0 unspecified atom stereocenters. The minimum absolute atomic E-state index is 0.000447. The van der Waals surface area contributed by atoms with Crippen LogP contribution in [0.15, 0.2) is 72.9 Å².